The zero-order chi connectivity index (χ0) is 18.2. The Bertz CT molecular complexity index is 764. The molecule has 132 valence electrons. The molecule has 2 aromatic carbocycles. The van der Waals surface area contributed by atoms with Crippen molar-refractivity contribution in [3.8, 4) is 11.5 Å². The number of nitrogens with zero attached hydrogens (tertiary/aromatic N) is 1. The lowest BCUT2D eigenvalue weighted by atomic mass is 10.2. The Labute approximate surface area is 154 Å². The molecule has 2 aromatic rings. The van der Waals surface area contributed by atoms with Crippen LogP contribution in [0.1, 0.15) is 25.0 Å². The molecule has 0 unspecified atom stereocenters. The number of carbonyl (C=O) groups is 1. The van der Waals surface area contributed by atoms with E-state index in [-0.39, 0.29) is 18.3 Å². The van der Waals surface area contributed by atoms with Gasteiger partial charge < -0.3 is 9.47 Å². The van der Waals surface area contributed by atoms with Crippen molar-refractivity contribution in [2.45, 2.75) is 20.5 Å². The first kappa shape index (κ1) is 18.9. The smallest absolute Gasteiger partial charge is 0.236 e. The van der Waals surface area contributed by atoms with Crippen molar-refractivity contribution in [3.05, 3.63) is 57.8 Å². The Hall–Kier alpha value is -2.41. The normalized spacial score (nSPS) is 10.7. The van der Waals surface area contributed by atoms with Crippen molar-refractivity contribution >= 4 is 28.1 Å². The van der Waals surface area contributed by atoms with Crippen LogP contribution in [0.2, 0.25) is 0 Å². The van der Waals surface area contributed by atoms with E-state index in [1.807, 2.05) is 6.92 Å². The third-order valence-electron chi connectivity index (χ3n) is 3.06. The summed E-state index contributed by atoms with van der Waals surface area (Å²) in [7, 11) is 0. The van der Waals surface area contributed by atoms with Crippen LogP contribution in [0.25, 0.3) is 0 Å². The second kappa shape index (κ2) is 9.17. The lowest BCUT2D eigenvalue weighted by Crippen LogP contribution is -2.12. The molecule has 1 N–H and O–H groups in total. The number of benzene rings is 2. The summed E-state index contributed by atoms with van der Waals surface area (Å²) in [4.78, 5) is 10.9. The van der Waals surface area contributed by atoms with E-state index in [0.29, 0.717) is 22.6 Å². The van der Waals surface area contributed by atoms with Gasteiger partial charge in [0.15, 0.2) is 11.5 Å². The summed E-state index contributed by atoms with van der Waals surface area (Å²) in [6.07, 6.45) is 1.51. The van der Waals surface area contributed by atoms with Gasteiger partial charge in [0.2, 0.25) is 5.91 Å². The Balaban J connectivity index is 2.19. The minimum absolute atomic E-state index is 0.250. The Kier molecular flexibility index (Phi) is 6.94. The molecule has 0 radical (unpaired) electrons. The first-order valence-electron chi connectivity index (χ1n) is 7.62. The molecule has 0 fully saturated rings. The van der Waals surface area contributed by atoms with Gasteiger partial charge >= 0.3 is 0 Å². The van der Waals surface area contributed by atoms with Crippen molar-refractivity contribution in [2.75, 3.05) is 6.61 Å². The van der Waals surface area contributed by atoms with Gasteiger partial charge in [-0.15, -0.1) is 0 Å². The zero-order valence-electron chi connectivity index (χ0n) is 13.9. The highest BCUT2D eigenvalue weighted by atomic mass is 79.9. The lowest BCUT2D eigenvalue weighted by molar-refractivity contribution is -0.118. The predicted molar refractivity (Wildman–Crippen MR) is 97.5 cm³/mol. The summed E-state index contributed by atoms with van der Waals surface area (Å²) in [5, 5.41) is 3.84. The van der Waals surface area contributed by atoms with Crippen LogP contribution >= 0.6 is 15.9 Å². The summed E-state index contributed by atoms with van der Waals surface area (Å²) in [5.41, 5.74) is 3.92. The van der Waals surface area contributed by atoms with Crippen LogP contribution in [0.15, 0.2) is 46.0 Å². The maximum Gasteiger partial charge on any atom is 0.236 e. The van der Waals surface area contributed by atoms with Gasteiger partial charge in [-0.1, -0.05) is 12.1 Å². The second-order valence-corrected chi connectivity index (χ2v) is 5.96. The third-order valence-corrected chi connectivity index (χ3v) is 3.65. The van der Waals surface area contributed by atoms with Gasteiger partial charge in [-0.3, -0.25) is 4.79 Å². The van der Waals surface area contributed by atoms with E-state index >= 15 is 0 Å². The quantitative estimate of drug-likeness (QED) is 0.555. The van der Waals surface area contributed by atoms with E-state index in [2.05, 4.69) is 26.5 Å². The summed E-state index contributed by atoms with van der Waals surface area (Å²) >= 11 is 3.46. The molecule has 0 aromatic heterocycles. The molecule has 0 bridgehead atoms. The lowest BCUT2D eigenvalue weighted by Gasteiger charge is -2.14. The van der Waals surface area contributed by atoms with E-state index in [0.717, 1.165) is 11.1 Å². The summed E-state index contributed by atoms with van der Waals surface area (Å²) in [5.74, 6) is 0.549. The highest BCUT2D eigenvalue weighted by Crippen LogP contribution is 2.37. The van der Waals surface area contributed by atoms with Gasteiger partial charge in [-0.25, -0.2) is 9.82 Å². The van der Waals surface area contributed by atoms with E-state index in [9.17, 15) is 9.18 Å². The first-order chi connectivity index (χ1) is 12.0. The average Bonchev–Trinajstić information content (AvgIpc) is 2.55. The average molecular weight is 409 g/mol. The van der Waals surface area contributed by atoms with Gasteiger partial charge in [-0.2, -0.15) is 5.10 Å². The number of nitrogens with one attached hydrogen (secondary N) is 1. The fourth-order valence-corrected chi connectivity index (χ4v) is 2.57. The second-order valence-electron chi connectivity index (χ2n) is 5.10. The highest BCUT2D eigenvalue weighted by molar-refractivity contribution is 9.10. The molecule has 0 saturated carbocycles. The van der Waals surface area contributed by atoms with Crippen LogP contribution in [0.4, 0.5) is 4.39 Å². The van der Waals surface area contributed by atoms with E-state index in [1.54, 1.807) is 24.3 Å². The number of hydrazone groups is 1. The summed E-state index contributed by atoms with van der Waals surface area (Å²) in [6.45, 7) is 3.99. The standard InChI is InChI=1S/C18H18BrFN2O3/c1-3-24-17-9-14(10-21-22-12(2)23)8-16(19)18(17)25-11-13-4-6-15(20)7-5-13/h4-10H,3,11H2,1-2H3,(H,22,23)/b21-10-. The molecule has 0 heterocycles. The number of hydrogen-bond acceptors (Lipinski definition) is 4. The van der Waals surface area contributed by atoms with Crippen molar-refractivity contribution in [2.24, 2.45) is 5.10 Å². The van der Waals surface area contributed by atoms with E-state index in [4.69, 9.17) is 9.47 Å². The van der Waals surface area contributed by atoms with Crippen LogP contribution in [0.5, 0.6) is 11.5 Å². The number of rotatable bonds is 7. The first-order valence-corrected chi connectivity index (χ1v) is 8.42. The summed E-state index contributed by atoms with van der Waals surface area (Å²) in [6, 6.07) is 9.67. The Morgan fingerprint density at radius 3 is 2.64 bits per heavy atom. The van der Waals surface area contributed by atoms with Crippen molar-refractivity contribution in [3.63, 3.8) is 0 Å². The van der Waals surface area contributed by atoms with E-state index in [1.165, 1.54) is 25.3 Å². The molecule has 5 nitrogen and oxygen atoms in total. The van der Waals surface area contributed by atoms with Gasteiger partial charge in [0.1, 0.15) is 12.4 Å². The molecule has 0 aliphatic carbocycles. The monoisotopic (exact) mass is 408 g/mol. The third kappa shape index (κ3) is 5.86. The number of ether oxygens (including phenoxy) is 2. The SMILES string of the molecule is CCOc1cc(/C=N\NC(C)=O)cc(Br)c1OCc1ccc(F)cc1. The molecule has 0 atom stereocenters. The number of carbonyl (C=O) groups excluding carboxylic acids is 1. The fourth-order valence-electron chi connectivity index (χ4n) is 2.00. The molecule has 25 heavy (non-hydrogen) atoms. The molecular formula is C18H18BrFN2O3. The Morgan fingerprint density at radius 2 is 2.00 bits per heavy atom. The summed E-state index contributed by atoms with van der Waals surface area (Å²) < 4.78 is 25.1. The molecule has 0 aliphatic heterocycles. The van der Waals surface area contributed by atoms with Crippen molar-refractivity contribution < 1.29 is 18.7 Å². The Morgan fingerprint density at radius 1 is 1.28 bits per heavy atom. The molecule has 7 heteroatoms. The van der Waals surface area contributed by atoms with Crippen LogP contribution in [0.3, 0.4) is 0 Å². The van der Waals surface area contributed by atoms with Crippen molar-refractivity contribution in [1.82, 2.24) is 5.43 Å². The number of hydrogen-bond donors (Lipinski definition) is 1. The van der Waals surface area contributed by atoms with Crippen LogP contribution < -0.4 is 14.9 Å². The largest absolute Gasteiger partial charge is 0.490 e. The zero-order valence-corrected chi connectivity index (χ0v) is 15.5. The maximum absolute atomic E-state index is 13.0. The van der Waals surface area contributed by atoms with Gasteiger partial charge in [0, 0.05) is 6.92 Å². The molecule has 0 spiro atoms. The number of amides is 1. The van der Waals surface area contributed by atoms with Crippen LogP contribution in [-0.2, 0) is 11.4 Å². The van der Waals surface area contributed by atoms with Gasteiger partial charge in [0.05, 0.1) is 17.3 Å². The topological polar surface area (TPSA) is 59.9 Å². The maximum atomic E-state index is 13.0. The fraction of sp³-hybridized carbons (Fsp3) is 0.222. The van der Waals surface area contributed by atoms with Gasteiger partial charge in [0.25, 0.3) is 0 Å². The van der Waals surface area contributed by atoms with Gasteiger partial charge in [-0.05, 0) is 58.2 Å². The highest BCUT2D eigenvalue weighted by Gasteiger charge is 2.12. The minimum Gasteiger partial charge on any atom is -0.490 e. The molecule has 1 amide bonds. The molecule has 0 aliphatic rings. The van der Waals surface area contributed by atoms with Crippen LogP contribution in [0, 0.1) is 5.82 Å². The molecule has 0 saturated heterocycles. The number of halogens is 2. The molecular weight excluding hydrogens is 391 g/mol. The van der Waals surface area contributed by atoms with Crippen molar-refractivity contribution in [1.29, 1.82) is 0 Å². The molecule has 2 rings (SSSR count). The van der Waals surface area contributed by atoms with E-state index < -0.39 is 0 Å². The minimum atomic E-state index is -0.289. The van der Waals surface area contributed by atoms with Crippen LogP contribution in [-0.4, -0.2) is 18.7 Å². The predicted octanol–water partition coefficient (Wildman–Crippen LogP) is 4.04.